The molecule has 0 aliphatic carbocycles. The van der Waals surface area contributed by atoms with Crippen LogP contribution in [0.1, 0.15) is 37.9 Å². The molecule has 0 bridgehead atoms. The number of cyclic esters (lactones) is 1. The van der Waals surface area contributed by atoms with E-state index >= 15 is 0 Å². The van der Waals surface area contributed by atoms with E-state index in [1.54, 1.807) is 36.2 Å². The summed E-state index contributed by atoms with van der Waals surface area (Å²) in [6.07, 6.45) is 1.21. The van der Waals surface area contributed by atoms with Crippen molar-refractivity contribution in [2.24, 2.45) is 5.92 Å². The van der Waals surface area contributed by atoms with Gasteiger partial charge in [0.2, 0.25) is 5.95 Å². The van der Waals surface area contributed by atoms with Gasteiger partial charge in [0.05, 0.1) is 12.1 Å². The van der Waals surface area contributed by atoms with Crippen molar-refractivity contribution in [1.82, 2.24) is 9.97 Å². The standard InChI is InChI=1S/C19H23FN4O2/c1-11(2)16-10-26-19(25)24(16)17-7-8-21-18(23-17)22-13(4)14-5-6-15(20)12(3)9-14/h5-9,11,13,16H,10H2,1-4H3,(H,21,22,23)/t13-,16+/m0/s1. The molecule has 1 N–H and O–H groups in total. The molecule has 1 fully saturated rings. The van der Waals surface area contributed by atoms with Gasteiger partial charge in [-0.1, -0.05) is 26.0 Å². The Kier molecular flexibility index (Phi) is 5.06. The summed E-state index contributed by atoms with van der Waals surface area (Å²) < 4.78 is 18.6. The molecule has 0 spiro atoms. The van der Waals surface area contributed by atoms with E-state index in [1.807, 2.05) is 20.8 Å². The van der Waals surface area contributed by atoms with E-state index in [9.17, 15) is 9.18 Å². The Morgan fingerprint density at radius 2 is 2.08 bits per heavy atom. The summed E-state index contributed by atoms with van der Waals surface area (Å²) in [5.41, 5.74) is 1.52. The van der Waals surface area contributed by atoms with Crippen molar-refractivity contribution in [2.45, 2.75) is 39.8 Å². The first-order valence-corrected chi connectivity index (χ1v) is 8.68. The molecule has 0 radical (unpaired) electrons. The minimum atomic E-state index is -0.393. The van der Waals surface area contributed by atoms with E-state index < -0.39 is 6.09 Å². The first kappa shape index (κ1) is 18.1. The second-order valence-electron chi connectivity index (χ2n) is 6.87. The van der Waals surface area contributed by atoms with E-state index in [2.05, 4.69) is 15.3 Å². The molecule has 1 amide bonds. The predicted molar refractivity (Wildman–Crippen MR) is 97.7 cm³/mol. The SMILES string of the molecule is Cc1cc([C@H](C)Nc2nccc(N3C(=O)OC[C@@H]3C(C)C)n2)ccc1F. The summed E-state index contributed by atoms with van der Waals surface area (Å²) >= 11 is 0. The van der Waals surface area contributed by atoms with E-state index in [1.165, 1.54) is 6.07 Å². The third kappa shape index (κ3) is 3.61. The van der Waals surface area contributed by atoms with Crippen molar-refractivity contribution in [3.63, 3.8) is 0 Å². The molecule has 0 saturated carbocycles. The molecule has 1 saturated heterocycles. The Labute approximate surface area is 152 Å². The maximum absolute atomic E-state index is 13.5. The molecule has 3 rings (SSSR count). The van der Waals surface area contributed by atoms with Crippen LogP contribution < -0.4 is 10.2 Å². The molecule has 7 heteroatoms. The van der Waals surface area contributed by atoms with Gasteiger partial charge in [-0.15, -0.1) is 0 Å². The van der Waals surface area contributed by atoms with Crippen LogP contribution in [0.2, 0.25) is 0 Å². The molecule has 1 aliphatic heterocycles. The van der Waals surface area contributed by atoms with Crippen LogP contribution in [0.3, 0.4) is 0 Å². The Morgan fingerprint density at radius 1 is 1.31 bits per heavy atom. The number of carbonyl (C=O) groups is 1. The van der Waals surface area contributed by atoms with E-state index in [0.29, 0.717) is 23.9 Å². The summed E-state index contributed by atoms with van der Waals surface area (Å²) in [6, 6.07) is 6.51. The van der Waals surface area contributed by atoms with Crippen molar-refractivity contribution < 1.29 is 13.9 Å². The van der Waals surface area contributed by atoms with Gasteiger partial charge in [0.25, 0.3) is 0 Å². The molecule has 0 unspecified atom stereocenters. The lowest BCUT2D eigenvalue weighted by Crippen LogP contribution is -2.37. The summed E-state index contributed by atoms with van der Waals surface area (Å²) in [5.74, 6) is 0.922. The lowest BCUT2D eigenvalue weighted by molar-refractivity contribution is 0.177. The fraction of sp³-hybridized carbons (Fsp3) is 0.421. The summed E-state index contributed by atoms with van der Waals surface area (Å²) in [5, 5.41) is 3.20. The molecule has 1 aliphatic rings. The highest BCUT2D eigenvalue weighted by molar-refractivity contribution is 5.89. The third-order valence-corrected chi connectivity index (χ3v) is 4.59. The molecule has 1 aromatic carbocycles. The van der Waals surface area contributed by atoms with Gasteiger partial charge in [0.1, 0.15) is 18.2 Å². The van der Waals surface area contributed by atoms with Crippen LogP contribution in [-0.2, 0) is 4.74 Å². The van der Waals surface area contributed by atoms with E-state index in [4.69, 9.17) is 4.74 Å². The Balaban J connectivity index is 1.81. The quantitative estimate of drug-likeness (QED) is 0.872. The van der Waals surface area contributed by atoms with Gasteiger partial charge in [0, 0.05) is 6.20 Å². The Morgan fingerprint density at radius 3 is 2.77 bits per heavy atom. The monoisotopic (exact) mass is 358 g/mol. The van der Waals surface area contributed by atoms with Gasteiger partial charge < -0.3 is 10.1 Å². The van der Waals surface area contributed by atoms with Gasteiger partial charge in [-0.05, 0) is 43.0 Å². The fourth-order valence-electron chi connectivity index (χ4n) is 2.96. The zero-order valence-electron chi connectivity index (χ0n) is 15.4. The number of halogens is 1. The van der Waals surface area contributed by atoms with Gasteiger partial charge in [-0.2, -0.15) is 4.98 Å². The molecular weight excluding hydrogens is 335 g/mol. The first-order chi connectivity index (χ1) is 12.4. The van der Waals surface area contributed by atoms with Crippen LogP contribution in [0.5, 0.6) is 0 Å². The zero-order valence-corrected chi connectivity index (χ0v) is 15.4. The normalized spacial score (nSPS) is 18.2. The van der Waals surface area contributed by atoms with Crippen molar-refractivity contribution >= 4 is 17.9 Å². The smallest absolute Gasteiger partial charge is 0.415 e. The fourth-order valence-corrected chi connectivity index (χ4v) is 2.96. The first-order valence-electron chi connectivity index (χ1n) is 8.68. The average Bonchev–Trinajstić information content (AvgIpc) is 2.99. The number of ether oxygens (including phenoxy) is 1. The topological polar surface area (TPSA) is 67.4 Å². The van der Waals surface area contributed by atoms with Crippen LogP contribution in [0, 0.1) is 18.7 Å². The van der Waals surface area contributed by atoms with E-state index in [-0.39, 0.29) is 23.8 Å². The van der Waals surface area contributed by atoms with Gasteiger partial charge in [0.15, 0.2) is 0 Å². The van der Waals surface area contributed by atoms with Gasteiger partial charge in [-0.25, -0.2) is 14.2 Å². The second-order valence-corrected chi connectivity index (χ2v) is 6.87. The maximum Gasteiger partial charge on any atom is 0.415 e. The Hall–Kier alpha value is -2.70. The average molecular weight is 358 g/mol. The molecule has 2 heterocycles. The number of hydrogen-bond donors (Lipinski definition) is 1. The van der Waals surface area contributed by atoms with Crippen LogP contribution in [0.25, 0.3) is 0 Å². The summed E-state index contributed by atoms with van der Waals surface area (Å²) in [6.45, 7) is 8.11. The van der Waals surface area contributed by atoms with Gasteiger partial charge >= 0.3 is 6.09 Å². The van der Waals surface area contributed by atoms with Crippen LogP contribution in [0.15, 0.2) is 30.5 Å². The van der Waals surface area contributed by atoms with Crippen LogP contribution >= 0.6 is 0 Å². The number of carbonyl (C=O) groups excluding carboxylic acids is 1. The summed E-state index contributed by atoms with van der Waals surface area (Å²) in [4.78, 5) is 22.4. The molecule has 6 nitrogen and oxygen atoms in total. The van der Waals surface area contributed by atoms with Crippen LogP contribution in [-0.4, -0.2) is 28.7 Å². The molecule has 2 aromatic rings. The third-order valence-electron chi connectivity index (χ3n) is 4.59. The number of nitrogens with one attached hydrogen (secondary N) is 1. The molecular formula is C19H23FN4O2. The molecule has 2 atom stereocenters. The number of hydrogen-bond acceptors (Lipinski definition) is 5. The number of nitrogens with zero attached hydrogens (tertiary/aromatic N) is 3. The zero-order chi connectivity index (χ0) is 18.8. The van der Waals surface area contributed by atoms with Crippen molar-refractivity contribution in [2.75, 3.05) is 16.8 Å². The van der Waals surface area contributed by atoms with E-state index in [0.717, 1.165) is 5.56 Å². The number of benzene rings is 1. The minimum absolute atomic E-state index is 0.0533. The highest BCUT2D eigenvalue weighted by Crippen LogP contribution is 2.27. The van der Waals surface area contributed by atoms with Crippen molar-refractivity contribution in [3.8, 4) is 0 Å². The largest absolute Gasteiger partial charge is 0.447 e. The highest BCUT2D eigenvalue weighted by atomic mass is 19.1. The number of aryl methyl sites for hydroxylation is 1. The number of aromatic nitrogens is 2. The van der Waals surface area contributed by atoms with Crippen molar-refractivity contribution in [1.29, 1.82) is 0 Å². The lowest BCUT2D eigenvalue weighted by atomic mass is 10.0. The Bertz CT molecular complexity index is 812. The van der Waals surface area contributed by atoms with Gasteiger partial charge in [-0.3, -0.25) is 4.90 Å². The highest BCUT2D eigenvalue weighted by Gasteiger charge is 2.37. The summed E-state index contributed by atoms with van der Waals surface area (Å²) in [7, 11) is 0. The number of rotatable bonds is 5. The number of anilines is 2. The maximum atomic E-state index is 13.5. The molecule has 26 heavy (non-hydrogen) atoms. The van der Waals surface area contributed by atoms with Crippen molar-refractivity contribution in [3.05, 3.63) is 47.4 Å². The second kappa shape index (κ2) is 7.27. The number of amides is 1. The minimum Gasteiger partial charge on any atom is -0.447 e. The van der Waals surface area contributed by atoms with Crippen LogP contribution in [0.4, 0.5) is 21.0 Å². The molecule has 1 aromatic heterocycles. The molecule has 138 valence electrons. The predicted octanol–water partition coefficient (Wildman–Crippen LogP) is 4.08. The lowest BCUT2D eigenvalue weighted by Gasteiger charge is -2.23.